The van der Waals surface area contributed by atoms with Crippen LogP contribution in [0, 0.1) is 5.92 Å². The molecule has 0 bridgehead atoms. The highest BCUT2D eigenvalue weighted by Crippen LogP contribution is 2.36. The first kappa shape index (κ1) is 16.1. The molecule has 2 aliphatic rings. The topological polar surface area (TPSA) is 63.1 Å². The number of hydrogen-bond donors (Lipinski definition) is 1. The Bertz CT molecular complexity index is 693. The molecule has 0 radical (unpaired) electrons. The van der Waals surface area contributed by atoms with Gasteiger partial charge in [0.1, 0.15) is 0 Å². The molecule has 1 N–H and O–H groups in total. The van der Waals surface area contributed by atoms with E-state index in [1.165, 1.54) is 24.8 Å². The number of piperidine rings is 1. The molecule has 1 saturated carbocycles. The van der Waals surface area contributed by atoms with Gasteiger partial charge < -0.3 is 10.2 Å². The number of likely N-dealkylation sites (tertiary alicyclic amines) is 1. The monoisotopic (exact) mass is 339 g/mol. The lowest BCUT2D eigenvalue weighted by Crippen LogP contribution is -2.43. The van der Waals surface area contributed by atoms with Gasteiger partial charge in [-0.25, -0.2) is 4.79 Å². The number of nitrogens with one attached hydrogen (secondary N) is 1. The zero-order valence-electron chi connectivity index (χ0n) is 14.5. The van der Waals surface area contributed by atoms with Gasteiger partial charge in [-0.2, -0.15) is 0 Å². The highest BCUT2D eigenvalue weighted by molar-refractivity contribution is 5.89. The van der Waals surface area contributed by atoms with E-state index in [-0.39, 0.29) is 6.03 Å². The highest BCUT2D eigenvalue weighted by Gasteiger charge is 2.24. The molecule has 25 heavy (non-hydrogen) atoms. The number of aromatic nitrogens is 3. The third-order valence-electron chi connectivity index (χ3n) is 5.46. The Morgan fingerprint density at radius 2 is 2.00 bits per heavy atom. The summed E-state index contributed by atoms with van der Waals surface area (Å²) >= 11 is 0. The summed E-state index contributed by atoms with van der Waals surface area (Å²) in [4.78, 5) is 14.5. The highest BCUT2D eigenvalue weighted by atomic mass is 16.2. The summed E-state index contributed by atoms with van der Waals surface area (Å²) < 4.78 is 1.85. The van der Waals surface area contributed by atoms with Crippen molar-refractivity contribution in [2.75, 3.05) is 18.4 Å². The summed E-state index contributed by atoms with van der Waals surface area (Å²) in [7, 11) is 0. The minimum absolute atomic E-state index is 0.000292. The van der Waals surface area contributed by atoms with Crippen LogP contribution < -0.4 is 5.32 Å². The smallest absolute Gasteiger partial charge is 0.321 e. The molecular weight excluding hydrogens is 314 g/mol. The van der Waals surface area contributed by atoms with E-state index in [0.717, 1.165) is 44.1 Å². The first-order valence-corrected chi connectivity index (χ1v) is 9.28. The number of hydrogen-bond acceptors (Lipinski definition) is 3. The zero-order chi connectivity index (χ0) is 17.1. The fraction of sp³-hybridized carbons (Fsp3) is 0.526. The molecule has 1 saturated heterocycles. The number of benzene rings is 1. The van der Waals surface area contributed by atoms with E-state index in [2.05, 4.69) is 27.8 Å². The van der Waals surface area contributed by atoms with Gasteiger partial charge in [-0.15, -0.1) is 5.10 Å². The minimum atomic E-state index is -0.000292. The molecule has 2 fully saturated rings. The number of nitrogens with zero attached hydrogens (tertiary/aromatic N) is 4. The molecule has 0 spiro atoms. The Hall–Kier alpha value is -2.37. The Labute approximate surface area is 148 Å². The number of carbonyl (C=O) groups excluding carboxylic acids is 1. The molecule has 4 rings (SSSR count). The predicted octanol–water partition coefficient (Wildman–Crippen LogP) is 3.49. The average Bonchev–Trinajstić information content (AvgIpc) is 3.08. The number of amides is 2. The van der Waals surface area contributed by atoms with Crippen LogP contribution in [0.5, 0.6) is 0 Å². The normalized spacial score (nSPS) is 21.0. The molecule has 1 aromatic heterocycles. The van der Waals surface area contributed by atoms with Crippen LogP contribution in [0.2, 0.25) is 0 Å². The first-order chi connectivity index (χ1) is 12.3. The molecule has 1 aromatic carbocycles. The van der Waals surface area contributed by atoms with Crippen molar-refractivity contribution < 1.29 is 4.79 Å². The van der Waals surface area contributed by atoms with Gasteiger partial charge >= 0.3 is 6.03 Å². The van der Waals surface area contributed by atoms with Gasteiger partial charge in [-0.3, -0.25) is 4.68 Å². The van der Waals surface area contributed by atoms with Crippen molar-refractivity contribution in [2.24, 2.45) is 5.92 Å². The van der Waals surface area contributed by atoms with Gasteiger partial charge in [0.25, 0.3) is 0 Å². The van der Waals surface area contributed by atoms with Crippen LogP contribution in [0.1, 0.15) is 43.6 Å². The Balaban J connectivity index is 1.32. The van der Waals surface area contributed by atoms with Crippen LogP contribution in [0.3, 0.4) is 0 Å². The molecule has 6 nitrogen and oxygen atoms in total. The molecule has 2 aromatic rings. The number of urea groups is 1. The molecule has 2 amide bonds. The largest absolute Gasteiger partial charge is 0.324 e. The van der Waals surface area contributed by atoms with Crippen molar-refractivity contribution in [3.8, 4) is 0 Å². The molecule has 1 aliphatic carbocycles. The maximum atomic E-state index is 12.6. The van der Waals surface area contributed by atoms with Crippen LogP contribution >= 0.6 is 0 Å². The molecule has 2 heterocycles. The second kappa shape index (κ2) is 7.25. The van der Waals surface area contributed by atoms with E-state index in [9.17, 15) is 4.79 Å². The molecule has 1 unspecified atom stereocenters. The Morgan fingerprint density at radius 3 is 2.68 bits per heavy atom. The number of rotatable bonds is 4. The van der Waals surface area contributed by atoms with Gasteiger partial charge in [0, 0.05) is 31.5 Å². The lowest BCUT2D eigenvalue weighted by molar-refractivity contribution is 0.168. The van der Waals surface area contributed by atoms with Gasteiger partial charge in [0.15, 0.2) is 0 Å². The van der Waals surface area contributed by atoms with E-state index in [4.69, 9.17) is 0 Å². The summed E-state index contributed by atoms with van der Waals surface area (Å²) in [6.07, 6.45) is 9.67. The summed E-state index contributed by atoms with van der Waals surface area (Å²) in [5, 5.41) is 10.9. The second-order valence-electron chi connectivity index (χ2n) is 7.26. The fourth-order valence-corrected chi connectivity index (χ4v) is 3.78. The molecule has 6 heteroatoms. The van der Waals surface area contributed by atoms with Crippen molar-refractivity contribution in [1.82, 2.24) is 19.9 Å². The van der Waals surface area contributed by atoms with Crippen molar-refractivity contribution in [3.05, 3.63) is 42.2 Å². The van der Waals surface area contributed by atoms with Crippen LogP contribution in [0.4, 0.5) is 10.5 Å². The maximum absolute atomic E-state index is 12.6. The van der Waals surface area contributed by atoms with Crippen LogP contribution in [-0.2, 0) is 6.54 Å². The summed E-state index contributed by atoms with van der Waals surface area (Å²) in [5.74, 6) is 1.16. The molecule has 132 valence electrons. The summed E-state index contributed by atoms with van der Waals surface area (Å²) in [6.45, 7) is 2.41. The van der Waals surface area contributed by atoms with Crippen molar-refractivity contribution in [2.45, 2.75) is 44.6 Å². The van der Waals surface area contributed by atoms with E-state index >= 15 is 0 Å². The van der Waals surface area contributed by atoms with E-state index in [1.807, 2.05) is 27.9 Å². The van der Waals surface area contributed by atoms with E-state index in [0.29, 0.717) is 5.92 Å². The third-order valence-corrected chi connectivity index (χ3v) is 5.46. The minimum Gasteiger partial charge on any atom is -0.324 e. The van der Waals surface area contributed by atoms with Crippen LogP contribution in [0.25, 0.3) is 0 Å². The molecule has 1 aliphatic heterocycles. The molecular formula is C19H25N5O. The van der Waals surface area contributed by atoms with Crippen molar-refractivity contribution in [3.63, 3.8) is 0 Å². The van der Waals surface area contributed by atoms with Gasteiger partial charge in [-0.1, -0.05) is 23.8 Å². The van der Waals surface area contributed by atoms with Crippen molar-refractivity contribution in [1.29, 1.82) is 0 Å². The molecule has 1 atom stereocenters. The Morgan fingerprint density at radius 1 is 1.16 bits per heavy atom. The van der Waals surface area contributed by atoms with Crippen molar-refractivity contribution >= 4 is 11.7 Å². The SMILES string of the molecule is O=C(Nc1ccc(C2CCC2)cc1)N1CCCC(Cn2ccnn2)C1. The lowest BCUT2D eigenvalue weighted by Gasteiger charge is -2.32. The quantitative estimate of drug-likeness (QED) is 0.927. The second-order valence-corrected chi connectivity index (χ2v) is 7.26. The zero-order valence-corrected chi connectivity index (χ0v) is 14.5. The van der Waals surface area contributed by atoms with Gasteiger partial charge in [0.05, 0.1) is 6.20 Å². The average molecular weight is 339 g/mol. The van der Waals surface area contributed by atoms with Gasteiger partial charge in [0.2, 0.25) is 0 Å². The Kier molecular flexibility index (Phi) is 4.68. The van der Waals surface area contributed by atoms with Gasteiger partial charge in [-0.05, 0) is 55.2 Å². The standard InChI is InChI=1S/C19H25N5O/c25-19(21-18-8-6-17(7-9-18)16-4-1-5-16)23-11-2-3-15(13-23)14-24-12-10-20-22-24/h6-10,12,15-16H,1-5,11,13-14H2,(H,21,25). The van der Waals surface area contributed by atoms with E-state index in [1.54, 1.807) is 6.20 Å². The maximum Gasteiger partial charge on any atom is 0.321 e. The van der Waals surface area contributed by atoms with Crippen LogP contribution in [0.15, 0.2) is 36.7 Å². The number of anilines is 1. The lowest BCUT2D eigenvalue weighted by atomic mass is 9.80. The summed E-state index contributed by atoms with van der Waals surface area (Å²) in [6, 6.07) is 8.37. The van der Waals surface area contributed by atoms with E-state index < -0.39 is 0 Å². The number of carbonyl (C=O) groups is 1. The fourth-order valence-electron chi connectivity index (χ4n) is 3.78. The summed E-state index contributed by atoms with van der Waals surface area (Å²) in [5.41, 5.74) is 2.28. The third kappa shape index (κ3) is 3.83. The predicted molar refractivity (Wildman–Crippen MR) is 96.4 cm³/mol. The van der Waals surface area contributed by atoms with Crippen LogP contribution in [-0.4, -0.2) is 39.0 Å². The first-order valence-electron chi connectivity index (χ1n) is 9.28.